The van der Waals surface area contributed by atoms with Gasteiger partial charge in [0.2, 0.25) is 0 Å². The topological polar surface area (TPSA) is 100 Å². The number of carbonyl (C=O) groups excluding carboxylic acids is 1. The molecular formula is C29H27N3O4S. The van der Waals surface area contributed by atoms with E-state index in [2.05, 4.69) is 15.9 Å². The molecule has 0 fully saturated rings. The Morgan fingerprint density at radius 2 is 1.76 bits per heavy atom. The van der Waals surface area contributed by atoms with Gasteiger partial charge in [0.15, 0.2) is 15.6 Å². The van der Waals surface area contributed by atoms with Crippen molar-refractivity contribution in [2.45, 2.75) is 25.6 Å². The van der Waals surface area contributed by atoms with Gasteiger partial charge in [-0.2, -0.15) is 0 Å². The van der Waals surface area contributed by atoms with Crippen LogP contribution in [0.3, 0.4) is 0 Å². The average molecular weight is 514 g/mol. The Balaban J connectivity index is 1.65. The van der Waals surface area contributed by atoms with Crippen LogP contribution in [-0.4, -0.2) is 37.0 Å². The SMILES string of the molecule is C#CCN(Cc1cc2c(=O)[nH]c(C)nc2cc1C)c1ccc(C(=O)C(c2ccccc2)S(C)(=O)=O)cc1. The van der Waals surface area contributed by atoms with E-state index in [9.17, 15) is 18.0 Å². The van der Waals surface area contributed by atoms with E-state index in [0.717, 1.165) is 23.1 Å². The maximum Gasteiger partial charge on any atom is 0.258 e. The zero-order valence-corrected chi connectivity index (χ0v) is 21.7. The lowest BCUT2D eigenvalue weighted by Crippen LogP contribution is -2.24. The molecule has 4 aromatic rings. The normalized spacial score (nSPS) is 12.2. The molecule has 1 atom stereocenters. The number of aromatic nitrogens is 2. The highest BCUT2D eigenvalue weighted by Gasteiger charge is 2.31. The third-order valence-corrected chi connectivity index (χ3v) is 7.55. The van der Waals surface area contributed by atoms with Crippen molar-refractivity contribution < 1.29 is 13.2 Å². The Hall–Kier alpha value is -4.22. The molecule has 37 heavy (non-hydrogen) atoms. The summed E-state index contributed by atoms with van der Waals surface area (Å²) in [7, 11) is -3.69. The summed E-state index contributed by atoms with van der Waals surface area (Å²) in [6.45, 7) is 4.43. The number of anilines is 1. The quantitative estimate of drug-likeness (QED) is 0.281. The van der Waals surface area contributed by atoms with E-state index in [1.165, 1.54) is 0 Å². The second-order valence-electron chi connectivity index (χ2n) is 9.04. The zero-order chi connectivity index (χ0) is 26.7. The fourth-order valence-electron chi connectivity index (χ4n) is 4.39. The number of fused-ring (bicyclic) bond motifs is 1. The van der Waals surface area contributed by atoms with E-state index in [1.54, 1.807) is 61.5 Å². The first-order chi connectivity index (χ1) is 17.6. The standard InChI is InChI=1S/C29H27N3O4S/c1-5-15-32(18-23-17-25-26(16-19(23)2)30-20(3)31-29(25)34)24-13-11-21(12-14-24)27(33)28(37(4,35)36)22-9-7-6-8-10-22/h1,6-14,16-17,28H,15,18H2,2-4H3,(H,30,31,34). The van der Waals surface area contributed by atoms with Gasteiger partial charge in [-0.15, -0.1) is 6.42 Å². The number of benzene rings is 3. The summed E-state index contributed by atoms with van der Waals surface area (Å²) in [6.07, 6.45) is 6.71. The number of terminal acetylenes is 1. The van der Waals surface area contributed by atoms with Gasteiger partial charge < -0.3 is 9.88 Å². The summed E-state index contributed by atoms with van der Waals surface area (Å²) in [5.41, 5.74) is 3.80. The maximum absolute atomic E-state index is 13.3. The third kappa shape index (κ3) is 5.63. The first kappa shape index (κ1) is 25.9. The van der Waals surface area contributed by atoms with Crippen LogP contribution in [0.2, 0.25) is 0 Å². The van der Waals surface area contributed by atoms with Crippen molar-refractivity contribution >= 4 is 32.2 Å². The van der Waals surface area contributed by atoms with Gasteiger partial charge >= 0.3 is 0 Å². The molecule has 0 saturated carbocycles. The molecule has 0 bridgehead atoms. The van der Waals surface area contributed by atoms with Gasteiger partial charge in [-0.25, -0.2) is 13.4 Å². The van der Waals surface area contributed by atoms with Gasteiger partial charge in [-0.1, -0.05) is 36.3 Å². The number of aromatic amines is 1. The van der Waals surface area contributed by atoms with E-state index in [0.29, 0.717) is 40.9 Å². The number of hydrogen-bond donors (Lipinski definition) is 1. The number of aryl methyl sites for hydroxylation is 2. The Kier molecular flexibility index (Phi) is 7.28. The molecule has 1 heterocycles. The minimum atomic E-state index is -3.69. The summed E-state index contributed by atoms with van der Waals surface area (Å²) >= 11 is 0. The van der Waals surface area contributed by atoms with Crippen LogP contribution in [0.4, 0.5) is 5.69 Å². The monoisotopic (exact) mass is 513 g/mol. The largest absolute Gasteiger partial charge is 0.356 e. The van der Waals surface area contributed by atoms with Gasteiger partial charge in [0.1, 0.15) is 11.1 Å². The molecule has 0 spiro atoms. The summed E-state index contributed by atoms with van der Waals surface area (Å²) in [6, 6.07) is 18.9. The molecule has 7 nitrogen and oxygen atoms in total. The number of rotatable bonds is 8. The molecule has 1 aromatic heterocycles. The Morgan fingerprint density at radius 3 is 2.38 bits per heavy atom. The van der Waals surface area contributed by atoms with Crippen molar-refractivity contribution in [2.24, 2.45) is 0 Å². The summed E-state index contributed by atoms with van der Waals surface area (Å²) in [4.78, 5) is 34.8. The minimum absolute atomic E-state index is 0.200. The number of carbonyl (C=O) groups is 1. The van der Waals surface area contributed by atoms with Crippen molar-refractivity contribution in [1.29, 1.82) is 0 Å². The van der Waals surface area contributed by atoms with Gasteiger partial charge in [0.05, 0.1) is 17.4 Å². The zero-order valence-electron chi connectivity index (χ0n) is 20.9. The van der Waals surface area contributed by atoms with Crippen molar-refractivity contribution in [2.75, 3.05) is 17.7 Å². The van der Waals surface area contributed by atoms with Crippen LogP contribution in [0.15, 0.2) is 71.5 Å². The Bertz CT molecular complexity index is 1670. The van der Waals surface area contributed by atoms with E-state index >= 15 is 0 Å². The number of nitrogens with one attached hydrogen (secondary N) is 1. The van der Waals surface area contributed by atoms with Crippen LogP contribution in [0.1, 0.15) is 38.1 Å². The Morgan fingerprint density at radius 1 is 1.08 bits per heavy atom. The van der Waals surface area contributed by atoms with Gasteiger partial charge in [0, 0.05) is 24.1 Å². The molecule has 0 radical (unpaired) electrons. The number of H-pyrrole nitrogens is 1. The minimum Gasteiger partial charge on any atom is -0.356 e. The third-order valence-electron chi connectivity index (χ3n) is 6.21. The number of hydrogen-bond acceptors (Lipinski definition) is 6. The molecular weight excluding hydrogens is 486 g/mol. The smallest absolute Gasteiger partial charge is 0.258 e. The summed E-state index contributed by atoms with van der Waals surface area (Å²) in [5, 5.41) is -0.780. The van der Waals surface area contributed by atoms with Crippen LogP contribution in [0, 0.1) is 26.2 Å². The average Bonchev–Trinajstić information content (AvgIpc) is 2.84. The van der Waals surface area contributed by atoms with Crippen LogP contribution in [0.5, 0.6) is 0 Å². The first-order valence-corrected chi connectivity index (χ1v) is 13.6. The molecule has 0 saturated heterocycles. The Labute approximate surface area is 216 Å². The first-order valence-electron chi connectivity index (χ1n) is 11.6. The lowest BCUT2D eigenvalue weighted by molar-refractivity contribution is 0.0987. The highest BCUT2D eigenvalue weighted by atomic mass is 32.2. The lowest BCUT2D eigenvalue weighted by Gasteiger charge is -2.24. The fraction of sp³-hybridized carbons (Fsp3) is 0.207. The number of ketones is 1. The van der Waals surface area contributed by atoms with E-state index < -0.39 is 20.9 Å². The van der Waals surface area contributed by atoms with Crippen LogP contribution in [0.25, 0.3) is 10.9 Å². The van der Waals surface area contributed by atoms with E-state index in [1.807, 2.05) is 24.0 Å². The molecule has 0 aliphatic rings. The van der Waals surface area contributed by atoms with Gasteiger partial charge in [-0.05, 0) is 66.9 Å². The molecule has 3 aromatic carbocycles. The molecule has 0 aliphatic carbocycles. The van der Waals surface area contributed by atoms with Gasteiger partial charge in [0.25, 0.3) is 5.56 Å². The highest BCUT2D eigenvalue weighted by molar-refractivity contribution is 7.91. The number of nitrogens with zero attached hydrogens (tertiary/aromatic N) is 2. The van der Waals surface area contributed by atoms with E-state index in [-0.39, 0.29) is 5.56 Å². The molecule has 1 unspecified atom stereocenters. The molecule has 8 heteroatoms. The van der Waals surface area contributed by atoms with Crippen molar-refractivity contribution in [3.05, 3.63) is 105 Å². The molecule has 188 valence electrons. The van der Waals surface area contributed by atoms with Crippen LogP contribution >= 0.6 is 0 Å². The van der Waals surface area contributed by atoms with Crippen molar-refractivity contribution in [3.8, 4) is 12.3 Å². The van der Waals surface area contributed by atoms with Crippen molar-refractivity contribution in [1.82, 2.24) is 9.97 Å². The number of sulfone groups is 1. The van der Waals surface area contributed by atoms with Crippen LogP contribution in [-0.2, 0) is 16.4 Å². The fourth-order valence-corrected chi connectivity index (χ4v) is 5.56. The highest BCUT2D eigenvalue weighted by Crippen LogP contribution is 2.28. The molecule has 1 N–H and O–H groups in total. The summed E-state index contributed by atoms with van der Waals surface area (Å²) < 4.78 is 25.0. The predicted molar refractivity (Wildman–Crippen MR) is 147 cm³/mol. The predicted octanol–water partition coefficient (Wildman–Crippen LogP) is 4.15. The molecule has 4 rings (SSSR count). The maximum atomic E-state index is 13.3. The second kappa shape index (κ2) is 10.4. The van der Waals surface area contributed by atoms with Gasteiger partial charge in [-0.3, -0.25) is 9.59 Å². The summed E-state index contributed by atoms with van der Waals surface area (Å²) in [5.74, 6) is 2.72. The second-order valence-corrected chi connectivity index (χ2v) is 11.2. The lowest BCUT2D eigenvalue weighted by atomic mass is 10.0. The van der Waals surface area contributed by atoms with Crippen LogP contribution < -0.4 is 10.5 Å². The number of Topliss-reactive ketones (excluding diaryl/α,β-unsaturated/α-hetero) is 1. The molecule has 0 aliphatic heterocycles. The molecule has 0 amide bonds. The van der Waals surface area contributed by atoms with E-state index in [4.69, 9.17) is 6.42 Å². The van der Waals surface area contributed by atoms with Crippen molar-refractivity contribution in [3.63, 3.8) is 0 Å².